The Labute approximate surface area is 169 Å². The minimum absolute atomic E-state index is 0.0845. The van der Waals surface area contributed by atoms with Crippen LogP contribution in [0.2, 0.25) is 0 Å². The van der Waals surface area contributed by atoms with Crippen LogP contribution in [0.3, 0.4) is 0 Å². The molecule has 0 aliphatic rings. The van der Waals surface area contributed by atoms with Gasteiger partial charge in [-0.25, -0.2) is 0 Å². The molecule has 0 rings (SSSR count). The summed E-state index contributed by atoms with van der Waals surface area (Å²) in [6, 6.07) is 0. The third kappa shape index (κ3) is 9.25. The van der Waals surface area contributed by atoms with Gasteiger partial charge in [0.1, 0.15) is 0 Å². The monoisotopic (exact) mass is 387 g/mol. The van der Waals surface area contributed by atoms with Crippen LogP contribution in [0.25, 0.3) is 0 Å². The summed E-state index contributed by atoms with van der Waals surface area (Å²) in [5.41, 5.74) is 5.89. The first-order valence-electron chi connectivity index (χ1n) is 11.3. The van der Waals surface area contributed by atoms with Crippen molar-refractivity contribution in [3.8, 4) is 0 Å². The Balaban J connectivity index is 5.40. The summed E-state index contributed by atoms with van der Waals surface area (Å²) in [6.45, 7) is 14.9. The highest BCUT2D eigenvalue weighted by Gasteiger charge is 2.49. The average molecular weight is 388 g/mol. The number of unbranched alkanes of at least 4 members (excludes halogenated alkanes) is 5. The number of aliphatic hydroxyl groups excluding tert-OH is 1. The molecular formula is C23H49NO3. The Kier molecular flexibility index (Phi) is 13.8. The summed E-state index contributed by atoms with van der Waals surface area (Å²) in [5.74, 6) is -0.673. The molecule has 164 valence electrons. The van der Waals surface area contributed by atoms with E-state index in [4.69, 9.17) is 15.2 Å². The topological polar surface area (TPSA) is 64.7 Å². The van der Waals surface area contributed by atoms with Gasteiger partial charge in [-0.05, 0) is 58.4 Å². The summed E-state index contributed by atoms with van der Waals surface area (Å²) >= 11 is 0. The van der Waals surface area contributed by atoms with Gasteiger partial charge in [-0.15, -0.1) is 0 Å². The lowest BCUT2D eigenvalue weighted by molar-refractivity contribution is -0.294. The zero-order valence-corrected chi connectivity index (χ0v) is 19.2. The molecule has 3 N–H and O–H groups in total. The predicted octanol–water partition coefficient (Wildman–Crippen LogP) is 5.66. The van der Waals surface area contributed by atoms with Crippen molar-refractivity contribution >= 4 is 0 Å². The van der Waals surface area contributed by atoms with E-state index in [0.717, 1.165) is 25.7 Å². The van der Waals surface area contributed by atoms with E-state index >= 15 is 0 Å². The molecule has 0 aliphatic carbocycles. The Morgan fingerprint density at radius 1 is 0.741 bits per heavy atom. The fourth-order valence-electron chi connectivity index (χ4n) is 4.09. The first-order valence-corrected chi connectivity index (χ1v) is 11.3. The van der Waals surface area contributed by atoms with Crippen molar-refractivity contribution in [2.45, 2.75) is 112 Å². The molecule has 27 heavy (non-hydrogen) atoms. The number of hydrogen-bond acceptors (Lipinski definition) is 4. The smallest absolute Gasteiger partial charge is 0.171 e. The van der Waals surface area contributed by atoms with Crippen LogP contribution in [-0.4, -0.2) is 37.3 Å². The molecule has 0 heterocycles. The van der Waals surface area contributed by atoms with Crippen LogP contribution in [0.1, 0.15) is 106 Å². The third-order valence-corrected chi connectivity index (χ3v) is 6.24. The summed E-state index contributed by atoms with van der Waals surface area (Å²) in [6.07, 6.45) is 11.3. The van der Waals surface area contributed by atoms with E-state index in [0.29, 0.717) is 26.2 Å². The fraction of sp³-hybridized carbons (Fsp3) is 1.00. The Bertz CT molecular complexity index is 354. The Morgan fingerprint density at radius 3 is 1.78 bits per heavy atom. The summed E-state index contributed by atoms with van der Waals surface area (Å²) in [5, 5.41) is 9.93. The van der Waals surface area contributed by atoms with Crippen LogP contribution in [0, 0.1) is 10.8 Å². The number of hydrogen-bond donors (Lipinski definition) is 2. The summed E-state index contributed by atoms with van der Waals surface area (Å²) < 4.78 is 12.4. The van der Waals surface area contributed by atoms with Gasteiger partial charge in [0.2, 0.25) is 0 Å². The molecule has 4 heteroatoms. The molecule has 0 amide bonds. The van der Waals surface area contributed by atoms with Crippen LogP contribution in [0.15, 0.2) is 0 Å². The zero-order valence-electron chi connectivity index (χ0n) is 19.2. The number of ether oxygens (including phenoxy) is 2. The van der Waals surface area contributed by atoms with E-state index in [1.165, 1.54) is 32.1 Å². The quantitative estimate of drug-likeness (QED) is 0.235. The van der Waals surface area contributed by atoms with Gasteiger partial charge in [-0.3, -0.25) is 0 Å². The molecule has 1 unspecified atom stereocenters. The second kappa shape index (κ2) is 13.9. The fourth-order valence-corrected chi connectivity index (χ4v) is 4.09. The molecule has 0 bridgehead atoms. The first-order chi connectivity index (χ1) is 12.8. The van der Waals surface area contributed by atoms with E-state index < -0.39 is 5.79 Å². The van der Waals surface area contributed by atoms with E-state index in [9.17, 15) is 5.11 Å². The largest absolute Gasteiger partial charge is 0.396 e. The molecule has 0 radical (unpaired) electrons. The van der Waals surface area contributed by atoms with Crippen LogP contribution in [0.4, 0.5) is 0 Å². The molecular weight excluding hydrogens is 338 g/mol. The molecule has 0 aliphatic heterocycles. The van der Waals surface area contributed by atoms with E-state index in [2.05, 4.69) is 27.7 Å². The maximum atomic E-state index is 9.93. The maximum absolute atomic E-state index is 9.93. The van der Waals surface area contributed by atoms with Gasteiger partial charge in [0.15, 0.2) is 5.79 Å². The highest BCUT2D eigenvalue weighted by atomic mass is 16.7. The molecule has 0 aromatic rings. The summed E-state index contributed by atoms with van der Waals surface area (Å²) in [7, 11) is 0. The van der Waals surface area contributed by atoms with Gasteiger partial charge in [-0.1, -0.05) is 59.3 Å². The van der Waals surface area contributed by atoms with Crippen molar-refractivity contribution in [2.75, 3.05) is 26.4 Å². The second-order valence-electron chi connectivity index (χ2n) is 8.95. The molecule has 1 atom stereocenters. The van der Waals surface area contributed by atoms with Gasteiger partial charge in [0.05, 0.1) is 0 Å². The van der Waals surface area contributed by atoms with Crippen molar-refractivity contribution in [2.24, 2.45) is 16.6 Å². The number of rotatable bonds is 18. The molecule has 0 aromatic carbocycles. The standard InChI is InChI=1S/C23H49NO3/c1-7-10-11-12-13-14-15-23(18-19-25,17-16-21(4,5)20-24)22(6,26-8-2)27-9-3/h25H,7-20,24H2,1-6H3. The van der Waals surface area contributed by atoms with Crippen molar-refractivity contribution in [1.82, 2.24) is 0 Å². The predicted molar refractivity (Wildman–Crippen MR) is 116 cm³/mol. The van der Waals surface area contributed by atoms with Gasteiger partial charge in [0, 0.05) is 25.2 Å². The molecule has 0 fully saturated rings. The first kappa shape index (κ1) is 26.8. The summed E-state index contributed by atoms with van der Waals surface area (Å²) in [4.78, 5) is 0. The molecule has 0 spiro atoms. The van der Waals surface area contributed by atoms with E-state index in [1.807, 2.05) is 13.8 Å². The van der Waals surface area contributed by atoms with Gasteiger partial charge >= 0.3 is 0 Å². The average Bonchev–Trinajstić information content (AvgIpc) is 2.63. The Hall–Kier alpha value is -0.160. The van der Waals surface area contributed by atoms with Crippen LogP contribution in [0.5, 0.6) is 0 Å². The third-order valence-electron chi connectivity index (χ3n) is 6.24. The van der Waals surface area contributed by atoms with Gasteiger partial charge in [0.25, 0.3) is 0 Å². The van der Waals surface area contributed by atoms with Crippen molar-refractivity contribution in [3.63, 3.8) is 0 Å². The lowest BCUT2D eigenvalue weighted by atomic mass is 9.67. The molecule has 0 saturated carbocycles. The zero-order chi connectivity index (χ0) is 20.8. The van der Waals surface area contributed by atoms with E-state index in [-0.39, 0.29) is 17.4 Å². The lowest BCUT2D eigenvalue weighted by Crippen LogP contribution is -2.51. The van der Waals surface area contributed by atoms with Gasteiger partial charge < -0.3 is 20.3 Å². The van der Waals surface area contributed by atoms with Crippen LogP contribution < -0.4 is 5.73 Å². The lowest BCUT2D eigenvalue weighted by Gasteiger charge is -2.49. The van der Waals surface area contributed by atoms with Crippen molar-refractivity contribution in [1.29, 1.82) is 0 Å². The van der Waals surface area contributed by atoms with Gasteiger partial charge in [-0.2, -0.15) is 0 Å². The minimum atomic E-state index is -0.673. The molecule has 0 saturated heterocycles. The SMILES string of the molecule is CCCCCCCCC(CCO)(CCC(C)(C)CN)C(C)(OCC)OCC. The highest BCUT2D eigenvalue weighted by Crippen LogP contribution is 2.48. The molecule has 4 nitrogen and oxygen atoms in total. The second-order valence-corrected chi connectivity index (χ2v) is 8.95. The maximum Gasteiger partial charge on any atom is 0.171 e. The Morgan fingerprint density at radius 2 is 1.30 bits per heavy atom. The van der Waals surface area contributed by atoms with Crippen molar-refractivity contribution < 1.29 is 14.6 Å². The number of nitrogens with two attached hydrogens (primary N) is 1. The minimum Gasteiger partial charge on any atom is -0.396 e. The number of aliphatic hydroxyl groups is 1. The van der Waals surface area contributed by atoms with Crippen LogP contribution in [-0.2, 0) is 9.47 Å². The highest BCUT2D eigenvalue weighted by molar-refractivity contribution is 4.93. The van der Waals surface area contributed by atoms with E-state index in [1.54, 1.807) is 0 Å². The van der Waals surface area contributed by atoms with Crippen molar-refractivity contribution in [3.05, 3.63) is 0 Å². The van der Waals surface area contributed by atoms with Crippen LogP contribution >= 0.6 is 0 Å². The normalized spacial score (nSPS) is 15.1. The molecule has 0 aromatic heterocycles.